The lowest BCUT2D eigenvalue weighted by Crippen LogP contribution is -2.05. The van der Waals surface area contributed by atoms with Gasteiger partial charge in [0.25, 0.3) is 0 Å². The molecule has 20 heavy (non-hydrogen) atoms. The molecule has 0 saturated heterocycles. The molecule has 1 heterocycles. The molecule has 0 aliphatic carbocycles. The molecule has 0 fully saturated rings. The van der Waals surface area contributed by atoms with Crippen molar-refractivity contribution >= 4 is 11.6 Å². The van der Waals surface area contributed by atoms with Crippen LogP contribution in [0.4, 0.5) is 13.2 Å². The van der Waals surface area contributed by atoms with E-state index in [1.165, 1.54) is 0 Å². The van der Waals surface area contributed by atoms with Gasteiger partial charge in [0.15, 0.2) is 0 Å². The summed E-state index contributed by atoms with van der Waals surface area (Å²) in [5.74, 6) is 0. The summed E-state index contributed by atoms with van der Waals surface area (Å²) >= 11 is 5.68. The third-order valence-corrected chi connectivity index (χ3v) is 3.10. The van der Waals surface area contributed by atoms with E-state index in [0.29, 0.717) is 5.56 Å². The number of hydrogen-bond donors (Lipinski definition) is 0. The molecule has 0 saturated carbocycles. The highest BCUT2D eigenvalue weighted by Gasteiger charge is 2.31. The average Bonchev–Trinajstić information content (AvgIpc) is 2.38. The maximum Gasteiger partial charge on any atom is 0.416 e. The van der Waals surface area contributed by atoms with Crippen LogP contribution in [0.1, 0.15) is 24.5 Å². The van der Waals surface area contributed by atoms with E-state index in [-0.39, 0.29) is 10.8 Å². The van der Waals surface area contributed by atoms with E-state index in [2.05, 4.69) is 11.9 Å². The highest BCUT2D eigenvalue weighted by Crippen LogP contribution is 2.33. The molecule has 0 amide bonds. The maximum absolute atomic E-state index is 12.7. The van der Waals surface area contributed by atoms with Gasteiger partial charge in [-0.1, -0.05) is 49.2 Å². The molecule has 0 aliphatic heterocycles. The molecule has 0 atom stereocenters. The van der Waals surface area contributed by atoms with Crippen molar-refractivity contribution in [2.45, 2.75) is 25.9 Å². The Morgan fingerprint density at radius 2 is 1.75 bits per heavy atom. The molecule has 1 aromatic heterocycles. The summed E-state index contributed by atoms with van der Waals surface area (Å²) < 4.78 is 38.2. The Kier molecular flexibility index (Phi) is 4.33. The SMILES string of the molecule is CCCc1ccc(-c2cc(C(F)(F)F)cc(Cl)n2)cc1. The van der Waals surface area contributed by atoms with Crippen molar-refractivity contribution in [2.75, 3.05) is 0 Å². The van der Waals surface area contributed by atoms with Crippen LogP contribution in [-0.2, 0) is 12.6 Å². The van der Waals surface area contributed by atoms with Gasteiger partial charge in [-0.3, -0.25) is 0 Å². The lowest BCUT2D eigenvalue weighted by atomic mass is 10.0. The molecule has 0 unspecified atom stereocenters. The van der Waals surface area contributed by atoms with E-state index in [0.717, 1.165) is 30.5 Å². The minimum Gasteiger partial charge on any atom is -0.236 e. The van der Waals surface area contributed by atoms with Gasteiger partial charge in [0.05, 0.1) is 11.3 Å². The van der Waals surface area contributed by atoms with E-state index < -0.39 is 11.7 Å². The van der Waals surface area contributed by atoms with Crippen LogP contribution in [0.25, 0.3) is 11.3 Å². The third-order valence-electron chi connectivity index (χ3n) is 2.91. The second-order valence-electron chi connectivity index (χ2n) is 4.51. The van der Waals surface area contributed by atoms with Crippen LogP contribution in [0.3, 0.4) is 0 Å². The fourth-order valence-electron chi connectivity index (χ4n) is 1.94. The van der Waals surface area contributed by atoms with Crippen LogP contribution in [-0.4, -0.2) is 4.98 Å². The van der Waals surface area contributed by atoms with Crippen molar-refractivity contribution in [1.82, 2.24) is 4.98 Å². The molecule has 0 radical (unpaired) electrons. The van der Waals surface area contributed by atoms with Crippen molar-refractivity contribution in [2.24, 2.45) is 0 Å². The van der Waals surface area contributed by atoms with Gasteiger partial charge in [0.2, 0.25) is 0 Å². The molecule has 0 spiro atoms. The molecule has 106 valence electrons. The van der Waals surface area contributed by atoms with Crippen LogP contribution in [0, 0.1) is 0 Å². The van der Waals surface area contributed by atoms with Crippen LogP contribution in [0.5, 0.6) is 0 Å². The number of rotatable bonds is 3. The van der Waals surface area contributed by atoms with Gasteiger partial charge in [-0.2, -0.15) is 13.2 Å². The summed E-state index contributed by atoms with van der Waals surface area (Å²) in [7, 11) is 0. The Morgan fingerprint density at radius 3 is 2.30 bits per heavy atom. The highest BCUT2D eigenvalue weighted by molar-refractivity contribution is 6.29. The van der Waals surface area contributed by atoms with E-state index in [1.54, 1.807) is 12.1 Å². The Bertz CT molecular complexity index is 591. The zero-order chi connectivity index (χ0) is 14.8. The van der Waals surface area contributed by atoms with Gasteiger partial charge >= 0.3 is 6.18 Å². The Hall–Kier alpha value is -1.55. The lowest BCUT2D eigenvalue weighted by Gasteiger charge is -2.09. The Morgan fingerprint density at radius 1 is 1.10 bits per heavy atom. The minimum absolute atomic E-state index is 0.160. The molecular weight excluding hydrogens is 287 g/mol. The molecule has 0 aliphatic rings. The first-order valence-electron chi connectivity index (χ1n) is 6.24. The number of pyridine rings is 1. The zero-order valence-electron chi connectivity index (χ0n) is 10.8. The molecule has 5 heteroatoms. The normalized spacial score (nSPS) is 11.7. The quantitative estimate of drug-likeness (QED) is 0.694. The first-order valence-corrected chi connectivity index (χ1v) is 6.62. The van der Waals surface area contributed by atoms with Crippen molar-refractivity contribution in [3.63, 3.8) is 0 Å². The number of nitrogens with zero attached hydrogens (tertiary/aromatic N) is 1. The molecule has 0 N–H and O–H groups in total. The fraction of sp³-hybridized carbons (Fsp3) is 0.267. The topological polar surface area (TPSA) is 12.9 Å². The van der Waals surface area contributed by atoms with Gasteiger partial charge < -0.3 is 0 Å². The Balaban J connectivity index is 2.39. The molecule has 1 nitrogen and oxygen atoms in total. The molecule has 2 aromatic rings. The van der Waals surface area contributed by atoms with Gasteiger partial charge in [-0.25, -0.2) is 4.98 Å². The summed E-state index contributed by atoms with van der Waals surface area (Å²) in [6, 6.07) is 9.17. The van der Waals surface area contributed by atoms with E-state index in [9.17, 15) is 13.2 Å². The summed E-state index contributed by atoms with van der Waals surface area (Å²) in [5, 5.41) is -0.160. The predicted octanol–water partition coefficient (Wildman–Crippen LogP) is 5.37. The van der Waals surface area contributed by atoms with Crippen LogP contribution in [0.2, 0.25) is 5.15 Å². The smallest absolute Gasteiger partial charge is 0.236 e. The second kappa shape index (κ2) is 5.83. The van der Waals surface area contributed by atoms with E-state index >= 15 is 0 Å². The monoisotopic (exact) mass is 299 g/mol. The van der Waals surface area contributed by atoms with Crippen LogP contribution < -0.4 is 0 Å². The van der Waals surface area contributed by atoms with Crippen molar-refractivity contribution in [1.29, 1.82) is 0 Å². The van der Waals surface area contributed by atoms with Gasteiger partial charge in [0, 0.05) is 5.56 Å². The highest BCUT2D eigenvalue weighted by atomic mass is 35.5. The van der Waals surface area contributed by atoms with E-state index in [4.69, 9.17) is 11.6 Å². The van der Waals surface area contributed by atoms with Crippen molar-refractivity contribution in [3.05, 3.63) is 52.7 Å². The number of aryl methyl sites for hydroxylation is 1. The van der Waals surface area contributed by atoms with Gasteiger partial charge in [0.1, 0.15) is 5.15 Å². The zero-order valence-corrected chi connectivity index (χ0v) is 11.6. The number of alkyl halides is 3. The maximum atomic E-state index is 12.7. The minimum atomic E-state index is -4.43. The first kappa shape index (κ1) is 14.9. The van der Waals surface area contributed by atoms with Gasteiger partial charge in [-0.15, -0.1) is 0 Å². The van der Waals surface area contributed by atoms with Crippen LogP contribution in [0.15, 0.2) is 36.4 Å². The summed E-state index contributed by atoms with van der Waals surface area (Å²) in [6.07, 6.45) is -2.46. The molecular formula is C15H13ClF3N. The molecule has 0 bridgehead atoms. The lowest BCUT2D eigenvalue weighted by molar-refractivity contribution is -0.137. The standard InChI is InChI=1S/C15H13ClF3N/c1-2-3-10-4-6-11(7-5-10)13-8-12(15(17,18)19)9-14(16)20-13/h4-9H,2-3H2,1H3. The average molecular weight is 300 g/mol. The predicted molar refractivity (Wildman–Crippen MR) is 73.7 cm³/mol. The summed E-state index contributed by atoms with van der Waals surface area (Å²) in [6.45, 7) is 2.07. The number of halogens is 4. The summed E-state index contributed by atoms with van der Waals surface area (Å²) in [4.78, 5) is 3.96. The third kappa shape index (κ3) is 3.51. The van der Waals surface area contributed by atoms with Crippen molar-refractivity contribution < 1.29 is 13.2 Å². The number of hydrogen-bond acceptors (Lipinski definition) is 1. The molecule has 2 rings (SSSR count). The van der Waals surface area contributed by atoms with E-state index in [1.807, 2.05) is 12.1 Å². The largest absolute Gasteiger partial charge is 0.416 e. The van der Waals surface area contributed by atoms with Gasteiger partial charge in [-0.05, 0) is 24.1 Å². The Labute approximate surface area is 120 Å². The summed E-state index contributed by atoms with van der Waals surface area (Å²) in [5.41, 5.74) is 1.21. The first-order chi connectivity index (χ1) is 9.40. The number of benzene rings is 1. The number of aromatic nitrogens is 1. The van der Waals surface area contributed by atoms with Crippen LogP contribution >= 0.6 is 11.6 Å². The second-order valence-corrected chi connectivity index (χ2v) is 4.90. The molecule has 1 aromatic carbocycles. The fourth-order valence-corrected chi connectivity index (χ4v) is 2.15. The van der Waals surface area contributed by atoms with Crippen molar-refractivity contribution in [3.8, 4) is 11.3 Å².